The van der Waals surface area contributed by atoms with Crippen LogP contribution in [-0.2, 0) is 6.54 Å². The zero-order chi connectivity index (χ0) is 16.3. The van der Waals surface area contributed by atoms with E-state index in [1.807, 2.05) is 7.05 Å². The Morgan fingerprint density at radius 3 is 2.45 bits per heavy atom. The van der Waals surface area contributed by atoms with Gasteiger partial charge in [-0.05, 0) is 12.5 Å². The highest BCUT2D eigenvalue weighted by molar-refractivity contribution is 5.82. The molecule has 1 aromatic carbocycles. The topological polar surface area (TPSA) is 42.4 Å². The Labute approximate surface area is 132 Å². The van der Waals surface area contributed by atoms with Crippen LogP contribution in [0.25, 0.3) is 0 Å². The lowest BCUT2D eigenvalue weighted by molar-refractivity contribution is 0.0876. The summed E-state index contributed by atoms with van der Waals surface area (Å²) in [6.45, 7) is 3.98. The molecule has 1 aliphatic rings. The van der Waals surface area contributed by atoms with E-state index in [9.17, 15) is 4.79 Å². The molecule has 0 aromatic heterocycles. The highest BCUT2D eigenvalue weighted by Gasteiger charge is 2.28. The van der Waals surface area contributed by atoms with Gasteiger partial charge < -0.3 is 19.6 Å². The zero-order valence-corrected chi connectivity index (χ0v) is 14.1. The van der Waals surface area contributed by atoms with Crippen LogP contribution in [0.4, 0.5) is 4.79 Å². The maximum atomic E-state index is 11.9. The van der Waals surface area contributed by atoms with Crippen molar-refractivity contribution in [3.63, 3.8) is 0 Å². The Hall–Kier alpha value is -2.24. The fourth-order valence-electron chi connectivity index (χ4n) is 2.80. The maximum absolute atomic E-state index is 11.9. The molecule has 0 radical (unpaired) electrons. The Kier molecular flexibility index (Phi) is 4.90. The molecule has 1 fully saturated rings. The van der Waals surface area contributed by atoms with Gasteiger partial charge in [0, 0.05) is 34.7 Å². The number of nitrogens with zero attached hydrogens (tertiary/aromatic N) is 5. The van der Waals surface area contributed by atoms with E-state index >= 15 is 0 Å². The van der Waals surface area contributed by atoms with Gasteiger partial charge >= 0.3 is 6.03 Å². The van der Waals surface area contributed by atoms with Gasteiger partial charge in [0.25, 0.3) is 0 Å². The molecule has 0 saturated carbocycles. The molecule has 0 atom stereocenters. The molecule has 2 rings (SSSR count). The van der Waals surface area contributed by atoms with Crippen molar-refractivity contribution in [1.82, 2.24) is 19.6 Å². The van der Waals surface area contributed by atoms with E-state index in [2.05, 4.69) is 46.0 Å². The molecule has 6 heteroatoms. The van der Waals surface area contributed by atoms with Crippen LogP contribution in [0.5, 0.6) is 0 Å². The molecule has 120 valence electrons. The van der Waals surface area contributed by atoms with E-state index in [0.717, 1.165) is 12.5 Å². The molecule has 1 heterocycles. The SMILES string of the molecule is CN=C(N(C)Cc1cccc(C)c1)N1CN(C)C(=O)N(C)C1. The van der Waals surface area contributed by atoms with E-state index in [1.165, 1.54) is 11.1 Å². The number of hydrogen-bond donors (Lipinski definition) is 0. The molecule has 22 heavy (non-hydrogen) atoms. The van der Waals surface area contributed by atoms with E-state index < -0.39 is 0 Å². The third-order valence-electron chi connectivity index (χ3n) is 3.75. The second-order valence-electron chi connectivity index (χ2n) is 5.87. The number of benzene rings is 1. The van der Waals surface area contributed by atoms with Crippen LogP contribution in [0.2, 0.25) is 0 Å². The molecule has 1 saturated heterocycles. The van der Waals surface area contributed by atoms with Crippen LogP contribution < -0.4 is 0 Å². The number of carbonyl (C=O) groups excluding carboxylic acids is 1. The quantitative estimate of drug-likeness (QED) is 0.616. The van der Waals surface area contributed by atoms with Gasteiger partial charge in [-0.3, -0.25) is 4.99 Å². The number of aliphatic imine (C=N–C) groups is 1. The minimum atomic E-state index is 0.0352. The fourth-order valence-corrected chi connectivity index (χ4v) is 2.80. The Morgan fingerprint density at radius 1 is 1.27 bits per heavy atom. The van der Waals surface area contributed by atoms with E-state index in [-0.39, 0.29) is 6.03 Å². The van der Waals surface area contributed by atoms with Crippen molar-refractivity contribution in [2.24, 2.45) is 4.99 Å². The number of hydrogen-bond acceptors (Lipinski definition) is 2. The summed E-state index contributed by atoms with van der Waals surface area (Å²) in [6.07, 6.45) is 0. The first-order valence-corrected chi connectivity index (χ1v) is 7.37. The van der Waals surface area contributed by atoms with Crippen molar-refractivity contribution in [3.05, 3.63) is 35.4 Å². The molecule has 0 N–H and O–H groups in total. The summed E-state index contributed by atoms with van der Waals surface area (Å²) in [6, 6.07) is 8.50. The second-order valence-corrected chi connectivity index (χ2v) is 5.87. The number of aryl methyl sites for hydroxylation is 1. The largest absolute Gasteiger partial charge is 0.341 e. The minimum Gasteiger partial charge on any atom is -0.341 e. The highest BCUT2D eigenvalue weighted by atomic mass is 16.2. The van der Waals surface area contributed by atoms with E-state index in [4.69, 9.17) is 0 Å². The molecule has 0 spiro atoms. The van der Waals surface area contributed by atoms with Gasteiger partial charge in [0.15, 0.2) is 5.96 Å². The molecular formula is C16H25N5O. The number of rotatable bonds is 2. The summed E-state index contributed by atoms with van der Waals surface area (Å²) >= 11 is 0. The van der Waals surface area contributed by atoms with Gasteiger partial charge in [0.1, 0.15) is 0 Å². The Bertz CT molecular complexity index is 557. The third-order valence-corrected chi connectivity index (χ3v) is 3.75. The van der Waals surface area contributed by atoms with Crippen molar-refractivity contribution in [1.29, 1.82) is 0 Å². The average Bonchev–Trinajstić information content (AvgIpc) is 2.45. The molecule has 1 aliphatic heterocycles. The summed E-state index contributed by atoms with van der Waals surface area (Å²) < 4.78 is 0. The molecule has 0 bridgehead atoms. The summed E-state index contributed by atoms with van der Waals surface area (Å²) in [5.74, 6) is 0.882. The highest BCUT2D eigenvalue weighted by Crippen LogP contribution is 2.12. The lowest BCUT2D eigenvalue weighted by atomic mass is 10.1. The monoisotopic (exact) mass is 303 g/mol. The first-order chi connectivity index (χ1) is 10.4. The van der Waals surface area contributed by atoms with Gasteiger partial charge in [0.2, 0.25) is 0 Å². The normalized spacial score (nSPS) is 16.3. The first kappa shape index (κ1) is 16.1. The van der Waals surface area contributed by atoms with Crippen LogP contribution in [0.15, 0.2) is 29.3 Å². The molecule has 1 aromatic rings. The fraction of sp³-hybridized carbons (Fsp3) is 0.500. The summed E-state index contributed by atoms with van der Waals surface area (Å²) in [5.41, 5.74) is 2.50. The molecule has 2 amide bonds. The van der Waals surface area contributed by atoms with Gasteiger partial charge in [-0.1, -0.05) is 29.8 Å². The van der Waals surface area contributed by atoms with Crippen molar-refractivity contribution in [3.8, 4) is 0 Å². The van der Waals surface area contributed by atoms with Crippen LogP contribution in [0, 0.1) is 6.92 Å². The van der Waals surface area contributed by atoms with Gasteiger partial charge in [-0.2, -0.15) is 0 Å². The predicted molar refractivity (Wildman–Crippen MR) is 88.5 cm³/mol. The second kappa shape index (κ2) is 6.68. The molecule has 0 unspecified atom stereocenters. The van der Waals surface area contributed by atoms with Crippen molar-refractivity contribution in [2.45, 2.75) is 13.5 Å². The van der Waals surface area contributed by atoms with Crippen molar-refractivity contribution < 1.29 is 4.79 Å². The number of carbonyl (C=O) groups is 1. The smallest absolute Gasteiger partial charge is 0.322 e. The van der Waals surface area contributed by atoms with Crippen LogP contribution in [0.1, 0.15) is 11.1 Å². The minimum absolute atomic E-state index is 0.0352. The lowest BCUT2D eigenvalue weighted by Crippen LogP contribution is -2.59. The van der Waals surface area contributed by atoms with Gasteiger partial charge in [0.05, 0.1) is 13.3 Å². The molecule has 6 nitrogen and oxygen atoms in total. The van der Waals surface area contributed by atoms with Crippen LogP contribution in [-0.4, -0.2) is 73.1 Å². The Morgan fingerprint density at radius 2 is 1.91 bits per heavy atom. The van der Waals surface area contributed by atoms with Crippen LogP contribution in [0.3, 0.4) is 0 Å². The Balaban J connectivity index is 2.09. The molecular weight excluding hydrogens is 278 g/mol. The number of guanidine groups is 1. The van der Waals surface area contributed by atoms with Gasteiger partial charge in [-0.25, -0.2) is 4.79 Å². The first-order valence-electron chi connectivity index (χ1n) is 7.37. The van der Waals surface area contributed by atoms with Gasteiger partial charge in [-0.15, -0.1) is 0 Å². The van der Waals surface area contributed by atoms with Crippen molar-refractivity contribution in [2.75, 3.05) is 41.5 Å². The maximum Gasteiger partial charge on any atom is 0.322 e. The van der Waals surface area contributed by atoms with Crippen molar-refractivity contribution >= 4 is 12.0 Å². The zero-order valence-electron chi connectivity index (χ0n) is 14.1. The predicted octanol–water partition coefficient (Wildman–Crippen LogP) is 1.63. The average molecular weight is 303 g/mol. The summed E-state index contributed by atoms with van der Waals surface area (Å²) in [4.78, 5) is 23.9. The van der Waals surface area contributed by atoms with E-state index in [1.54, 1.807) is 30.9 Å². The third kappa shape index (κ3) is 3.50. The number of urea groups is 1. The molecule has 0 aliphatic carbocycles. The summed E-state index contributed by atoms with van der Waals surface area (Å²) in [7, 11) is 7.43. The number of amides is 2. The lowest BCUT2D eigenvalue weighted by Gasteiger charge is -2.42. The van der Waals surface area contributed by atoms with E-state index in [0.29, 0.717) is 13.3 Å². The summed E-state index contributed by atoms with van der Waals surface area (Å²) in [5, 5.41) is 0. The van der Waals surface area contributed by atoms with Crippen LogP contribution >= 0.6 is 0 Å². The standard InChI is InChI=1S/C16H25N5O/c1-13-7-6-8-14(9-13)10-18(3)15(17-2)21-11-19(4)16(22)20(5)12-21/h6-9H,10-12H2,1-5H3.